The van der Waals surface area contributed by atoms with Crippen LogP contribution in [0.4, 0.5) is 0 Å². The number of nitrogens with one attached hydrogen (secondary N) is 2. The Balaban J connectivity index is 2.84. The molecule has 0 aromatic heterocycles. The summed E-state index contributed by atoms with van der Waals surface area (Å²) in [6.07, 6.45) is 3.36. The minimum Gasteiger partial charge on any atom is -0.288 e. The predicted octanol–water partition coefficient (Wildman–Crippen LogP) is 2.07. The van der Waals surface area contributed by atoms with E-state index in [1.807, 2.05) is 24.3 Å². The minimum absolute atomic E-state index is 0.152. The van der Waals surface area contributed by atoms with Gasteiger partial charge in [0.05, 0.1) is 0 Å². The molecule has 86 valence electrons. The first-order chi connectivity index (χ1) is 7.65. The van der Waals surface area contributed by atoms with Gasteiger partial charge in [-0.05, 0) is 23.1 Å². The van der Waals surface area contributed by atoms with E-state index in [1.54, 1.807) is 7.05 Å². The lowest BCUT2D eigenvalue weighted by Gasteiger charge is -2.08. The Labute approximate surface area is 96.5 Å². The van der Waals surface area contributed by atoms with Crippen molar-refractivity contribution in [3.8, 4) is 0 Å². The molecule has 3 nitrogen and oxygen atoms in total. The molecule has 0 unspecified atom stereocenters. The fourth-order valence-corrected chi connectivity index (χ4v) is 1.52. The number of rotatable bonds is 4. The Kier molecular flexibility index (Phi) is 4.73. The van der Waals surface area contributed by atoms with E-state index < -0.39 is 0 Å². The van der Waals surface area contributed by atoms with Crippen LogP contribution in [-0.2, 0) is 4.79 Å². The fourth-order valence-electron chi connectivity index (χ4n) is 1.52. The summed E-state index contributed by atoms with van der Waals surface area (Å²) >= 11 is 0. The minimum atomic E-state index is -0.152. The lowest BCUT2D eigenvalue weighted by molar-refractivity contribution is -0.117. The highest BCUT2D eigenvalue weighted by molar-refractivity contribution is 5.91. The van der Waals surface area contributed by atoms with Gasteiger partial charge < -0.3 is 0 Å². The monoisotopic (exact) mass is 218 g/mol. The molecule has 0 aliphatic heterocycles. The van der Waals surface area contributed by atoms with Crippen LogP contribution in [-0.4, -0.2) is 13.0 Å². The Morgan fingerprint density at radius 2 is 2.00 bits per heavy atom. The molecule has 16 heavy (non-hydrogen) atoms. The number of benzene rings is 1. The third-order valence-electron chi connectivity index (χ3n) is 2.28. The van der Waals surface area contributed by atoms with E-state index in [2.05, 4.69) is 30.8 Å². The number of carbonyl (C=O) groups is 1. The summed E-state index contributed by atoms with van der Waals surface area (Å²) in [4.78, 5) is 11.2. The molecule has 1 rings (SSSR count). The molecule has 0 bridgehead atoms. The number of hydrazine groups is 1. The molecule has 1 aromatic carbocycles. The van der Waals surface area contributed by atoms with Crippen molar-refractivity contribution in [2.24, 2.45) is 0 Å². The van der Waals surface area contributed by atoms with E-state index in [0.717, 1.165) is 5.56 Å². The lowest BCUT2D eigenvalue weighted by Crippen LogP contribution is -2.32. The van der Waals surface area contributed by atoms with Crippen LogP contribution in [0.15, 0.2) is 30.3 Å². The van der Waals surface area contributed by atoms with Crippen molar-refractivity contribution in [3.05, 3.63) is 41.5 Å². The summed E-state index contributed by atoms with van der Waals surface area (Å²) < 4.78 is 0. The van der Waals surface area contributed by atoms with Gasteiger partial charge in [0.2, 0.25) is 0 Å². The van der Waals surface area contributed by atoms with E-state index in [1.165, 1.54) is 11.6 Å². The van der Waals surface area contributed by atoms with Crippen LogP contribution in [0.3, 0.4) is 0 Å². The highest BCUT2D eigenvalue weighted by Crippen LogP contribution is 2.19. The number of carbonyl (C=O) groups excluding carboxylic acids is 1. The summed E-state index contributed by atoms with van der Waals surface area (Å²) in [5.74, 6) is 0.300. The maximum absolute atomic E-state index is 11.2. The molecular formula is C13H18N2O. The highest BCUT2D eigenvalue weighted by atomic mass is 16.2. The highest BCUT2D eigenvalue weighted by Gasteiger charge is 2.03. The lowest BCUT2D eigenvalue weighted by atomic mass is 9.97. The van der Waals surface area contributed by atoms with Gasteiger partial charge in [-0.15, -0.1) is 0 Å². The average Bonchev–Trinajstić information content (AvgIpc) is 2.27. The molecule has 0 heterocycles. The molecule has 0 saturated heterocycles. The molecule has 0 saturated carbocycles. The van der Waals surface area contributed by atoms with Crippen molar-refractivity contribution >= 4 is 12.0 Å². The molecule has 0 spiro atoms. The summed E-state index contributed by atoms with van der Waals surface area (Å²) in [7, 11) is 1.66. The molecule has 0 fully saturated rings. The van der Waals surface area contributed by atoms with Gasteiger partial charge in [-0.1, -0.05) is 38.1 Å². The van der Waals surface area contributed by atoms with Crippen molar-refractivity contribution in [3.63, 3.8) is 0 Å². The third kappa shape index (κ3) is 3.51. The summed E-state index contributed by atoms with van der Waals surface area (Å²) in [5.41, 5.74) is 7.41. The van der Waals surface area contributed by atoms with Crippen LogP contribution in [0, 0.1) is 0 Å². The third-order valence-corrected chi connectivity index (χ3v) is 2.28. The van der Waals surface area contributed by atoms with Crippen LogP contribution < -0.4 is 10.9 Å². The SMILES string of the molecule is CNNC(=O)/C=C/c1ccccc1C(C)C. The van der Waals surface area contributed by atoms with Crippen molar-refractivity contribution in [1.29, 1.82) is 0 Å². The maximum atomic E-state index is 11.2. The standard InChI is InChI=1S/C13H18N2O/c1-10(2)12-7-5-4-6-11(12)8-9-13(16)15-14-3/h4-10,14H,1-3H3,(H,15,16)/b9-8+. The first-order valence-electron chi connectivity index (χ1n) is 5.39. The number of amides is 1. The zero-order chi connectivity index (χ0) is 12.0. The molecule has 0 aliphatic carbocycles. The van der Waals surface area contributed by atoms with Gasteiger partial charge in [0.15, 0.2) is 0 Å². The van der Waals surface area contributed by atoms with Crippen molar-refractivity contribution in [2.75, 3.05) is 7.05 Å². The van der Waals surface area contributed by atoms with Gasteiger partial charge in [-0.25, -0.2) is 5.43 Å². The Morgan fingerprint density at radius 1 is 1.31 bits per heavy atom. The molecule has 0 atom stereocenters. The summed E-state index contributed by atoms with van der Waals surface area (Å²) in [5, 5.41) is 0. The van der Waals surface area contributed by atoms with Crippen LogP contribution in [0.25, 0.3) is 6.08 Å². The Morgan fingerprint density at radius 3 is 2.62 bits per heavy atom. The molecule has 1 amide bonds. The van der Waals surface area contributed by atoms with Gasteiger partial charge in [0, 0.05) is 13.1 Å². The Hall–Kier alpha value is -1.61. The largest absolute Gasteiger partial charge is 0.288 e. The quantitative estimate of drug-likeness (QED) is 0.600. The van der Waals surface area contributed by atoms with E-state index >= 15 is 0 Å². The molecule has 3 heteroatoms. The summed E-state index contributed by atoms with van der Waals surface area (Å²) in [6, 6.07) is 8.08. The van der Waals surface area contributed by atoms with E-state index in [4.69, 9.17) is 0 Å². The smallest absolute Gasteiger partial charge is 0.258 e. The predicted molar refractivity (Wildman–Crippen MR) is 66.8 cm³/mol. The maximum Gasteiger partial charge on any atom is 0.258 e. The second-order valence-electron chi connectivity index (χ2n) is 3.86. The van der Waals surface area contributed by atoms with Gasteiger partial charge >= 0.3 is 0 Å². The normalized spacial score (nSPS) is 11.0. The van der Waals surface area contributed by atoms with Gasteiger partial charge in [0.1, 0.15) is 0 Å². The van der Waals surface area contributed by atoms with Crippen molar-refractivity contribution in [1.82, 2.24) is 10.9 Å². The van der Waals surface area contributed by atoms with Crippen LogP contribution in [0.1, 0.15) is 30.9 Å². The topological polar surface area (TPSA) is 41.1 Å². The van der Waals surface area contributed by atoms with Gasteiger partial charge in [-0.2, -0.15) is 0 Å². The van der Waals surface area contributed by atoms with Crippen molar-refractivity contribution in [2.45, 2.75) is 19.8 Å². The number of hydrogen-bond acceptors (Lipinski definition) is 2. The van der Waals surface area contributed by atoms with Crippen LogP contribution in [0.5, 0.6) is 0 Å². The van der Waals surface area contributed by atoms with Gasteiger partial charge in [-0.3, -0.25) is 10.2 Å². The molecule has 0 aliphatic rings. The molecule has 1 aromatic rings. The van der Waals surface area contributed by atoms with E-state index in [-0.39, 0.29) is 5.91 Å². The average molecular weight is 218 g/mol. The molecule has 0 radical (unpaired) electrons. The Bertz CT molecular complexity index is 383. The van der Waals surface area contributed by atoms with E-state index in [9.17, 15) is 4.79 Å². The molecule has 2 N–H and O–H groups in total. The van der Waals surface area contributed by atoms with Crippen LogP contribution in [0.2, 0.25) is 0 Å². The second-order valence-corrected chi connectivity index (χ2v) is 3.86. The zero-order valence-corrected chi connectivity index (χ0v) is 9.95. The first-order valence-corrected chi connectivity index (χ1v) is 5.39. The van der Waals surface area contributed by atoms with Gasteiger partial charge in [0.25, 0.3) is 5.91 Å². The van der Waals surface area contributed by atoms with E-state index in [0.29, 0.717) is 5.92 Å². The number of hydrogen-bond donors (Lipinski definition) is 2. The summed E-state index contributed by atoms with van der Waals surface area (Å²) in [6.45, 7) is 4.28. The fraction of sp³-hybridized carbons (Fsp3) is 0.308. The van der Waals surface area contributed by atoms with Crippen LogP contribution >= 0.6 is 0 Å². The zero-order valence-electron chi connectivity index (χ0n) is 9.95. The molecular weight excluding hydrogens is 200 g/mol. The first kappa shape index (κ1) is 12.5. The second kappa shape index (κ2) is 6.08. The van der Waals surface area contributed by atoms with Crippen molar-refractivity contribution < 1.29 is 4.79 Å².